The van der Waals surface area contributed by atoms with Crippen LogP contribution >= 0.6 is 0 Å². The molecule has 2 aromatic carbocycles. The first-order valence-electron chi connectivity index (χ1n) is 26.9. The molecule has 28 heteroatoms. The standard InChI is InChI=1S/C29H35N5O8.C26H41AsN6O7S/c1-5-12-41-29(39)33-23(27(36)37)15-20-16-30-25(42-20)17-34(3)26(35)14-19-10-11-22(24(13-19)40-4)32-28(38)31-21-9-7-6-8-18(21)2;1-4-5-13-41(38,39)32-21(25(35)36)14-20-16-29-23(40-20)15-27(3)22(34)17-33-11-8-19(9-12-33)30-26(37)31-24-18(2)7-6-10-28-24/h5-11,13,20,23H,1,12,14-17H2,2-4H3,(H,33,39)(H,36,37)(H2,31,32,38);6-7,10,19-21,32H,4-5,8-9,11-17H2,1-3H3,(H,35,36)(H2,28,30,31,37). The number of methoxy groups -OCH3 is 1. The van der Waals surface area contributed by atoms with Crippen LogP contribution in [0.3, 0.4) is 0 Å². The van der Waals surface area contributed by atoms with E-state index in [-0.39, 0.29) is 79.7 Å². The minimum atomic E-state index is -3.70. The molecule has 5 unspecified atom stereocenters. The molecule has 3 aromatic rings. The maximum absolute atomic E-state index is 13.0. The third-order valence-electron chi connectivity index (χ3n) is 13.2. The summed E-state index contributed by atoms with van der Waals surface area (Å²) in [5.41, 5.74) is 5.55. The summed E-state index contributed by atoms with van der Waals surface area (Å²) in [4.78, 5) is 102. The molecule has 3 aliphatic heterocycles. The molecule has 1 aromatic heterocycles. The second-order valence-corrected chi connectivity index (χ2v) is 26.5. The number of benzene rings is 2. The van der Waals surface area contributed by atoms with Crippen molar-refractivity contribution in [2.45, 2.75) is 107 Å². The number of hydrogen-bond donors (Lipinski definition) is 8. The van der Waals surface area contributed by atoms with Crippen LogP contribution < -0.4 is 36.0 Å². The average Bonchev–Trinajstić information content (AvgIpc) is 4.12. The van der Waals surface area contributed by atoms with Crippen LogP contribution in [0.2, 0.25) is 10.9 Å². The number of ether oxygens (including phenoxy) is 4. The van der Waals surface area contributed by atoms with E-state index in [4.69, 9.17) is 18.9 Å². The summed E-state index contributed by atoms with van der Waals surface area (Å²) in [6.07, 6.45) is 3.57. The van der Waals surface area contributed by atoms with E-state index in [0.29, 0.717) is 72.1 Å². The summed E-state index contributed by atoms with van der Waals surface area (Å²) in [5.74, 6) is -1.19. The Balaban J connectivity index is 0.000000304. The van der Waals surface area contributed by atoms with Gasteiger partial charge in [-0.3, -0.25) is 9.79 Å². The summed E-state index contributed by atoms with van der Waals surface area (Å²) in [6.45, 7) is 11.3. The molecule has 83 heavy (non-hydrogen) atoms. The first kappa shape index (κ1) is 66.2. The van der Waals surface area contributed by atoms with Gasteiger partial charge < -0.3 is 40.2 Å². The fourth-order valence-corrected chi connectivity index (χ4v) is 12.5. The van der Waals surface area contributed by atoms with Crippen molar-refractivity contribution < 1.29 is 71.1 Å². The molecule has 1 saturated heterocycles. The van der Waals surface area contributed by atoms with Gasteiger partial charge in [-0.05, 0) is 42.3 Å². The van der Waals surface area contributed by atoms with Crippen molar-refractivity contribution in [3.63, 3.8) is 0 Å². The Morgan fingerprint density at radius 3 is 2.18 bits per heavy atom. The molecule has 0 saturated carbocycles. The number of aromatic nitrogens is 1. The van der Waals surface area contributed by atoms with E-state index in [9.17, 15) is 52.2 Å². The monoisotopic (exact) mass is 1240 g/mol. The second kappa shape index (κ2) is 32.9. The molecule has 26 nitrogen and oxygen atoms in total. The van der Waals surface area contributed by atoms with Gasteiger partial charge in [0.1, 0.15) is 24.5 Å². The molecule has 6 amide bonds. The van der Waals surface area contributed by atoms with Crippen molar-refractivity contribution in [2.75, 3.05) is 81.7 Å². The quantitative estimate of drug-likeness (QED) is 0.0358. The van der Waals surface area contributed by atoms with Gasteiger partial charge in [0.05, 0.1) is 32.3 Å². The molecule has 8 N–H and O–H groups in total. The Morgan fingerprint density at radius 2 is 1.53 bits per heavy atom. The molecule has 0 aliphatic carbocycles. The van der Waals surface area contributed by atoms with E-state index in [1.54, 1.807) is 37.5 Å². The number of aryl methyl sites for hydroxylation is 2. The Labute approximate surface area is 487 Å². The molecular weight excluding hydrogens is 1160 g/mol. The fraction of sp³-hybridized carbons (Fsp3) is 0.491. The summed E-state index contributed by atoms with van der Waals surface area (Å²) >= 11 is -1.96. The number of carbonyl (C=O) groups is 7. The molecule has 0 radical (unpaired) electrons. The summed E-state index contributed by atoms with van der Waals surface area (Å²) in [5, 5.41) is 33.0. The molecule has 3 aliphatic rings. The number of nitrogens with zero attached hydrogens (tertiary/aromatic N) is 5. The van der Waals surface area contributed by atoms with Crippen LogP contribution in [0.1, 0.15) is 62.1 Å². The Kier molecular flexibility index (Phi) is 26.2. The third-order valence-corrected chi connectivity index (χ3v) is 18.4. The Bertz CT molecular complexity index is 2940. The summed E-state index contributed by atoms with van der Waals surface area (Å²) in [6, 6.07) is 12.9. The number of piperidine rings is 1. The van der Waals surface area contributed by atoms with Gasteiger partial charge in [0, 0.05) is 19.2 Å². The first-order chi connectivity index (χ1) is 39.5. The third kappa shape index (κ3) is 22.6. The number of likely N-dealkylation sites (tertiary alicyclic amines) is 1. The van der Waals surface area contributed by atoms with Crippen molar-refractivity contribution in [1.29, 1.82) is 0 Å². The van der Waals surface area contributed by atoms with Crippen LogP contribution in [0.25, 0.3) is 0 Å². The minimum absolute atomic E-state index is 0.0181. The topological polar surface area (TPSA) is 347 Å². The van der Waals surface area contributed by atoms with Crippen molar-refractivity contribution in [3.05, 3.63) is 90.1 Å². The normalized spacial score (nSPS) is 17.0. The molecule has 4 heterocycles. The SMILES string of the molecule is C=CCOC(=O)NC(CC1CN=C(CN(C)C(=O)Cc2ccc(NC(=O)Nc3ccccc3C)c(OC)c2)O1)C(=O)O.CCCCS(=O)(=O)NC(CC1CN=C(C[As](C)C(=O)CN2CCC(NC(=O)Nc3ncccc3C)CC2)O1)C(=O)O. The number of aliphatic carboxylic acids is 2. The van der Waals surface area contributed by atoms with Crippen LogP contribution in [-0.2, 0) is 49.8 Å². The molecule has 0 spiro atoms. The summed E-state index contributed by atoms with van der Waals surface area (Å²) < 4.78 is 48.5. The van der Waals surface area contributed by atoms with Gasteiger partial charge in [-0.2, -0.15) is 0 Å². The second-order valence-electron chi connectivity index (χ2n) is 19.9. The van der Waals surface area contributed by atoms with Gasteiger partial charge in [0.15, 0.2) is 0 Å². The fourth-order valence-electron chi connectivity index (χ4n) is 8.56. The average molecular weight is 1240 g/mol. The van der Waals surface area contributed by atoms with E-state index in [2.05, 4.69) is 57.8 Å². The molecule has 0 bridgehead atoms. The van der Waals surface area contributed by atoms with E-state index >= 15 is 0 Å². The van der Waals surface area contributed by atoms with Gasteiger partial charge in [-0.25, -0.2) is 14.4 Å². The van der Waals surface area contributed by atoms with Crippen molar-refractivity contribution in [2.24, 2.45) is 9.98 Å². The van der Waals surface area contributed by atoms with Crippen LogP contribution in [-0.4, -0.2) is 197 Å². The number of carbonyl (C=O) groups excluding carboxylic acids is 5. The number of likely N-dealkylation sites (N-methyl/N-ethyl adjacent to an activating group) is 1. The van der Waals surface area contributed by atoms with E-state index in [1.807, 2.05) is 56.8 Å². The number of alkyl carbamates (subject to hydrolysis) is 1. The predicted molar refractivity (Wildman–Crippen MR) is 313 cm³/mol. The molecule has 452 valence electrons. The maximum atomic E-state index is 13.0. The summed E-state index contributed by atoms with van der Waals surface area (Å²) in [7, 11) is -0.635. The zero-order chi connectivity index (χ0) is 60.6. The number of para-hydroxylation sites is 1. The number of anilines is 3. The number of urea groups is 2. The van der Waals surface area contributed by atoms with E-state index < -0.39 is 73.0 Å². The van der Waals surface area contributed by atoms with Crippen molar-refractivity contribution in [3.8, 4) is 5.75 Å². The number of sulfonamides is 1. The number of hydrogen-bond acceptors (Lipinski definition) is 17. The Morgan fingerprint density at radius 1 is 0.880 bits per heavy atom. The molecule has 5 atom stereocenters. The number of pyridine rings is 1. The number of unbranched alkanes of at least 4 members (excludes halogenated alkanes) is 1. The Hall–Kier alpha value is -7.61. The zero-order valence-corrected chi connectivity index (χ0v) is 50.2. The van der Waals surface area contributed by atoms with Gasteiger partial charge in [0.25, 0.3) is 0 Å². The van der Waals surface area contributed by atoms with E-state index in [1.165, 1.54) is 18.1 Å². The number of carboxylic acid groups (broad SMARTS) is 2. The number of nitrogens with one attached hydrogen (secondary N) is 6. The first-order valence-corrected chi connectivity index (χ1v) is 32.7. The molecular formula is C55H76AsN11O15S. The number of carboxylic acids is 2. The van der Waals surface area contributed by atoms with Crippen LogP contribution in [0.5, 0.6) is 5.75 Å². The number of amides is 6. The van der Waals surface area contributed by atoms with Crippen molar-refractivity contribution >= 4 is 94.2 Å². The van der Waals surface area contributed by atoms with Crippen LogP contribution in [0.4, 0.5) is 31.6 Å². The number of aliphatic imine (C=N–C) groups is 2. The van der Waals surface area contributed by atoms with Crippen LogP contribution in [0.15, 0.2) is 83.4 Å². The zero-order valence-electron chi connectivity index (χ0n) is 47.6. The molecule has 6 rings (SSSR count). The van der Waals surface area contributed by atoms with Gasteiger partial charge >= 0.3 is 259 Å². The van der Waals surface area contributed by atoms with E-state index in [0.717, 1.165) is 24.0 Å². The van der Waals surface area contributed by atoms with Gasteiger partial charge in [-0.15, -0.1) is 0 Å². The predicted octanol–water partition coefficient (Wildman–Crippen LogP) is 4.77. The molecule has 1 fully saturated rings. The van der Waals surface area contributed by atoms with Gasteiger partial charge in [0.2, 0.25) is 11.8 Å². The van der Waals surface area contributed by atoms with Crippen molar-refractivity contribution in [1.82, 2.24) is 30.1 Å². The number of rotatable bonds is 28. The van der Waals surface area contributed by atoms with Gasteiger partial charge in [-0.1, -0.05) is 36.9 Å². The van der Waals surface area contributed by atoms with Crippen LogP contribution in [0, 0.1) is 13.8 Å².